The molecule has 116 valence electrons. The Bertz CT molecular complexity index is 325. The van der Waals surface area contributed by atoms with Crippen LogP contribution in [0.15, 0.2) is 24.4 Å². The third-order valence-electron chi connectivity index (χ3n) is 3.92. The number of pyridine rings is 1. The molecule has 0 bridgehead atoms. The van der Waals surface area contributed by atoms with Gasteiger partial charge in [0.1, 0.15) is 6.54 Å². The molecule has 1 rings (SSSR count). The lowest BCUT2D eigenvalue weighted by Gasteiger charge is -2.02. The molecule has 0 amide bonds. The summed E-state index contributed by atoms with van der Waals surface area (Å²) in [6.45, 7) is 5.66. The molecule has 1 heterocycles. The minimum atomic E-state index is 0. The van der Waals surface area contributed by atoms with Gasteiger partial charge in [0, 0.05) is 25.5 Å². The molecule has 0 unspecified atom stereocenters. The van der Waals surface area contributed by atoms with E-state index in [2.05, 4.69) is 42.8 Å². The lowest BCUT2D eigenvalue weighted by atomic mass is 10.1. The molecular weight excluding hydrogens is 249 g/mol. The topological polar surface area (TPSA) is 3.88 Å². The average Bonchev–Trinajstić information content (AvgIpc) is 2.43. The number of hydrogen-bond donors (Lipinski definition) is 0. The van der Waals surface area contributed by atoms with Gasteiger partial charge in [-0.1, -0.05) is 64.4 Å². The van der Waals surface area contributed by atoms with Gasteiger partial charge in [-0.05, 0) is 6.42 Å². The predicted octanol–water partition coefficient (Wildman–Crippen LogP) is 2.21. The lowest BCUT2D eigenvalue weighted by Crippen LogP contribution is -3.00. The summed E-state index contributed by atoms with van der Waals surface area (Å²) in [4.78, 5) is 0. The van der Waals surface area contributed by atoms with Crippen LogP contribution in [0.25, 0.3) is 0 Å². The quantitative estimate of drug-likeness (QED) is 0.432. The Morgan fingerprint density at radius 2 is 1.35 bits per heavy atom. The molecule has 0 aliphatic rings. The van der Waals surface area contributed by atoms with Crippen LogP contribution in [0, 0.1) is 6.92 Å². The van der Waals surface area contributed by atoms with Crippen LogP contribution < -0.4 is 9.27 Å². The minimum Gasteiger partial charge on any atom is -1.00 e. The molecule has 0 fully saturated rings. The zero-order valence-electron chi connectivity index (χ0n) is 13.4. The van der Waals surface area contributed by atoms with Gasteiger partial charge in [0.05, 0.1) is 0 Å². The van der Waals surface area contributed by atoms with Gasteiger partial charge in [-0.25, -0.2) is 4.57 Å². The van der Waals surface area contributed by atoms with Crippen molar-refractivity contribution in [1.82, 2.24) is 0 Å². The molecule has 0 N–H and O–H groups in total. The number of halogens is 1. The van der Waals surface area contributed by atoms with Crippen LogP contribution in [0.5, 0.6) is 0 Å². The molecule has 0 radical (unpaired) electrons. The van der Waals surface area contributed by atoms with Crippen LogP contribution in [0.2, 0.25) is 0 Å². The van der Waals surface area contributed by atoms with Gasteiger partial charge >= 0.3 is 0 Å². The van der Waals surface area contributed by atoms with Crippen LogP contribution in [-0.4, -0.2) is 0 Å². The molecule has 0 aliphatic carbocycles. The molecule has 0 aliphatic heterocycles. The summed E-state index contributed by atoms with van der Waals surface area (Å²) < 4.78 is 2.37. The van der Waals surface area contributed by atoms with Crippen molar-refractivity contribution >= 4 is 0 Å². The maximum Gasteiger partial charge on any atom is 0.178 e. The van der Waals surface area contributed by atoms with Crippen molar-refractivity contribution in [3.05, 3.63) is 30.1 Å². The van der Waals surface area contributed by atoms with Crippen LogP contribution in [0.3, 0.4) is 0 Å². The van der Waals surface area contributed by atoms with Gasteiger partial charge in [0.15, 0.2) is 11.9 Å². The summed E-state index contributed by atoms with van der Waals surface area (Å²) in [6.07, 6.45) is 16.3. The first-order valence-corrected chi connectivity index (χ1v) is 8.29. The Labute approximate surface area is 124 Å². The van der Waals surface area contributed by atoms with E-state index in [9.17, 15) is 0 Å². The maximum atomic E-state index is 2.37. The zero-order chi connectivity index (χ0) is 13.8. The van der Waals surface area contributed by atoms with Crippen LogP contribution in [-0.2, 0) is 6.54 Å². The Balaban J connectivity index is 0.00000361. The number of aryl methyl sites for hydroxylation is 2. The third kappa shape index (κ3) is 9.06. The Morgan fingerprint density at radius 1 is 0.800 bits per heavy atom. The second-order valence-corrected chi connectivity index (χ2v) is 5.72. The highest BCUT2D eigenvalue weighted by Gasteiger charge is 2.02. The van der Waals surface area contributed by atoms with E-state index in [0.29, 0.717) is 0 Å². The molecule has 0 saturated heterocycles. The van der Waals surface area contributed by atoms with E-state index in [0.717, 1.165) is 0 Å². The van der Waals surface area contributed by atoms with Gasteiger partial charge in [0.2, 0.25) is 0 Å². The second-order valence-electron chi connectivity index (χ2n) is 5.72. The normalized spacial score (nSPS) is 10.3. The SMILES string of the molecule is CCCCCCCCCCCC[n+]1ccccc1C.[F-]. The minimum absolute atomic E-state index is 0. The third-order valence-corrected chi connectivity index (χ3v) is 3.92. The van der Waals surface area contributed by atoms with E-state index in [-0.39, 0.29) is 4.70 Å². The molecule has 0 saturated carbocycles. The zero-order valence-corrected chi connectivity index (χ0v) is 13.4. The van der Waals surface area contributed by atoms with Crippen LogP contribution in [0.1, 0.15) is 76.8 Å². The van der Waals surface area contributed by atoms with Crippen molar-refractivity contribution in [2.75, 3.05) is 0 Å². The molecule has 1 nitrogen and oxygen atoms in total. The van der Waals surface area contributed by atoms with E-state index in [1.54, 1.807) is 0 Å². The highest BCUT2D eigenvalue weighted by Crippen LogP contribution is 2.10. The fourth-order valence-corrected chi connectivity index (χ4v) is 2.58. The van der Waals surface area contributed by atoms with Crippen molar-refractivity contribution in [2.24, 2.45) is 0 Å². The monoisotopic (exact) mass is 281 g/mol. The summed E-state index contributed by atoms with van der Waals surface area (Å²) in [7, 11) is 0. The number of unbranched alkanes of at least 4 members (excludes halogenated alkanes) is 9. The first-order valence-electron chi connectivity index (χ1n) is 8.29. The van der Waals surface area contributed by atoms with Crippen molar-refractivity contribution in [3.63, 3.8) is 0 Å². The Hall–Kier alpha value is -0.920. The van der Waals surface area contributed by atoms with Crippen molar-refractivity contribution < 1.29 is 9.27 Å². The Morgan fingerprint density at radius 3 is 1.90 bits per heavy atom. The molecule has 0 atom stereocenters. The molecule has 0 spiro atoms. The van der Waals surface area contributed by atoms with Gasteiger partial charge in [-0.3, -0.25) is 0 Å². The predicted molar refractivity (Wildman–Crippen MR) is 83.2 cm³/mol. The average molecular weight is 281 g/mol. The summed E-state index contributed by atoms with van der Waals surface area (Å²) in [5.41, 5.74) is 1.37. The number of nitrogens with zero attached hydrogens (tertiary/aromatic N) is 1. The van der Waals surface area contributed by atoms with Crippen molar-refractivity contribution in [1.29, 1.82) is 0 Å². The van der Waals surface area contributed by atoms with E-state index in [1.165, 1.54) is 76.4 Å². The fraction of sp³-hybridized carbons (Fsp3) is 0.722. The van der Waals surface area contributed by atoms with Crippen molar-refractivity contribution in [3.8, 4) is 0 Å². The maximum absolute atomic E-state index is 2.37. The summed E-state index contributed by atoms with van der Waals surface area (Å²) in [6, 6.07) is 6.43. The Kier molecular flexibility index (Phi) is 12.5. The summed E-state index contributed by atoms with van der Waals surface area (Å²) >= 11 is 0. The van der Waals surface area contributed by atoms with Crippen molar-refractivity contribution in [2.45, 2.75) is 84.6 Å². The highest BCUT2D eigenvalue weighted by molar-refractivity contribution is 4.93. The standard InChI is InChI=1S/C18H32N.FH/c1-3-4-5-6-7-8-9-10-11-13-16-19-17-14-12-15-18(19)2;/h12,14-15,17H,3-11,13,16H2,1-2H3;1H/q+1;/p-1. The second kappa shape index (κ2) is 13.1. The molecule has 1 aromatic heterocycles. The van der Waals surface area contributed by atoms with E-state index in [1.807, 2.05) is 0 Å². The molecular formula is C18H32FN. The summed E-state index contributed by atoms with van der Waals surface area (Å²) in [5, 5.41) is 0. The highest BCUT2D eigenvalue weighted by atomic mass is 19.0. The fourth-order valence-electron chi connectivity index (χ4n) is 2.58. The van der Waals surface area contributed by atoms with Gasteiger partial charge < -0.3 is 4.70 Å². The van der Waals surface area contributed by atoms with Crippen LogP contribution >= 0.6 is 0 Å². The van der Waals surface area contributed by atoms with E-state index < -0.39 is 0 Å². The summed E-state index contributed by atoms with van der Waals surface area (Å²) in [5.74, 6) is 0. The van der Waals surface area contributed by atoms with Crippen LogP contribution in [0.4, 0.5) is 0 Å². The smallest absolute Gasteiger partial charge is 0.178 e. The van der Waals surface area contributed by atoms with E-state index in [4.69, 9.17) is 0 Å². The number of rotatable bonds is 11. The van der Waals surface area contributed by atoms with Gasteiger partial charge in [-0.15, -0.1) is 0 Å². The first-order chi connectivity index (χ1) is 9.34. The molecule has 20 heavy (non-hydrogen) atoms. The number of hydrogen-bond acceptors (Lipinski definition) is 0. The van der Waals surface area contributed by atoms with E-state index >= 15 is 0 Å². The lowest BCUT2D eigenvalue weighted by molar-refractivity contribution is -0.703. The largest absolute Gasteiger partial charge is 1.00 e. The van der Waals surface area contributed by atoms with Gasteiger partial charge in [0.25, 0.3) is 0 Å². The molecule has 2 heteroatoms. The first kappa shape index (κ1) is 19.1. The number of aromatic nitrogens is 1. The molecule has 1 aromatic rings. The van der Waals surface area contributed by atoms with Gasteiger partial charge in [-0.2, -0.15) is 0 Å². The molecule has 0 aromatic carbocycles.